The van der Waals surface area contributed by atoms with Gasteiger partial charge in [-0.25, -0.2) is 9.18 Å². The standard InChI is InChI=1S/C17H14ClFN4O4/c1-9(16(24)20-13-6-4-11(19)8-12(13)18)27-23-15-7-10(17(25)26-2)3-5-14(15)21-22-23/h3-9H,1-2H3,(H,20,24)/t9-/m1/s1. The molecule has 10 heteroatoms. The van der Waals surface area contributed by atoms with Crippen LogP contribution in [-0.4, -0.2) is 40.2 Å². The molecule has 140 valence electrons. The molecular formula is C17H14ClFN4O4. The second-order valence-electron chi connectivity index (χ2n) is 5.52. The quantitative estimate of drug-likeness (QED) is 0.670. The van der Waals surface area contributed by atoms with Gasteiger partial charge in [-0.1, -0.05) is 16.4 Å². The van der Waals surface area contributed by atoms with Gasteiger partial charge < -0.3 is 14.9 Å². The molecular weight excluding hydrogens is 379 g/mol. The lowest BCUT2D eigenvalue weighted by Crippen LogP contribution is -2.35. The van der Waals surface area contributed by atoms with E-state index >= 15 is 0 Å². The Balaban J connectivity index is 1.77. The number of aromatic nitrogens is 3. The summed E-state index contributed by atoms with van der Waals surface area (Å²) in [5.41, 5.74) is 1.39. The number of hydrogen-bond donors (Lipinski definition) is 1. The number of esters is 1. The van der Waals surface area contributed by atoms with E-state index in [-0.39, 0.29) is 16.3 Å². The van der Waals surface area contributed by atoms with E-state index in [0.717, 1.165) is 10.9 Å². The van der Waals surface area contributed by atoms with Gasteiger partial charge >= 0.3 is 5.97 Å². The number of carbonyl (C=O) groups is 2. The number of rotatable bonds is 5. The van der Waals surface area contributed by atoms with Gasteiger partial charge in [-0.2, -0.15) is 0 Å². The van der Waals surface area contributed by atoms with Crippen molar-refractivity contribution in [2.45, 2.75) is 13.0 Å². The van der Waals surface area contributed by atoms with E-state index in [0.29, 0.717) is 11.0 Å². The molecule has 8 nitrogen and oxygen atoms in total. The molecule has 0 saturated carbocycles. The van der Waals surface area contributed by atoms with Crippen molar-refractivity contribution in [2.75, 3.05) is 12.4 Å². The molecule has 0 fully saturated rings. The third-order valence-corrected chi connectivity index (χ3v) is 3.97. The van der Waals surface area contributed by atoms with Crippen LogP contribution in [0.3, 0.4) is 0 Å². The number of halogens is 2. The second kappa shape index (κ2) is 7.58. The van der Waals surface area contributed by atoms with Crippen LogP contribution in [0.4, 0.5) is 10.1 Å². The minimum absolute atomic E-state index is 0.0597. The summed E-state index contributed by atoms with van der Waals surface area (Å²) in [5, 5.41) is 10.3. The summed E-state index contributed by atoms with van der Waals surface area (Å²) in [6.45, 7) is 1.49. The van der Waals surface area contributed by atoms with Crippen molar-refractivity contribution < 1.29 is 23.6 Å². The Morgan fingerprint density at radius 3 is 2.74 bits per heavy atom. The third-order valence-electron chi connectivity index (χ3n) is 3.65. The van der Waals surface area contributed by atoms with Gasteiger partial charge in [0.1, 0.15) is 16.9 Å². The van der Waals surface area contributed by atoms with E-state index in [1.165, 1.54) is 32.2 Å². The molecule has 1 atom stereocenters. The predicted molar refractivity (Wildman–Crippen MR) is 94.9 cm³/mol. The van der Waals surface area contributed by atoms with Crippen LogP contribution in [-0.2, 0) is 9.53 Å². The Bertz CT molecular complexity index is 1020. The van der Waals surface area contributed by atoms with Crippen molar-refractivity contribution in [1.82, 2.24) is 15.2 Å². The minimum atomic E-state index is -0.988. The normalized spacial score (nSPS) is 11.9. The molecule has 1 amide bonds. The molecule has 0 saturated heterocycles. The summed E-state index contributed by atoms with van der Waals surface area (Å²) in [6, 6.07) is 8.21. The van der Waals surface area contributed by atoms with Gasteiger partial charge in [0.2, 0.25) is 6.10 Å². The van der Waals surface area contributed by atoms with Gasteiger partial charge in [0.15, 0.2) is 0 Å². The minimum Gasteiger partial charge on any atom is -0.465 e. The number of methoxy groups -OCH3 is 1. The van der Waals surface area contributed by atoms with E-state index in [9.17, 15) is 14.0 Å². The first kappa shape index (κ1) is 18.6. The van der Waals surface area contributed by atoms with Crippen LogP contribution in [0.25, 0.3) is 11.0 Å². The largest absolute Gasteiger partial charge is 0.465 e. The maximum atomic E-state index is 13.1. The molecule has 1 heterocycles. The van der Waals surface area contributed by atoms with Gasteiger partial charge in [-0.3, -0.25) is 4.79 Å². The fourth-order valence-corrected chi connectivity index (χ4v) is 2.46. The molecule has 0 aliphatic carbocycles. The highest BCUT2D eigenvalue weighted by Gasteiger charge is 2.19. The summed E-state index contributed by atoms with van der Waals surface area (Å²) < 4.78 is 17.8. The fraction of sp³-hybridized carbons (Fsp3) is 0.176. The van der Waals surface area contributed by atoms with Crippen LogP contribution in [0.15, 0.2) is 36.4 Å². The number of anilines is 1. The maximum absolute atomic E-state index is 13.1. The molecule has 0 radical (unpaired) electrons. The highest BCUT2D eigenvalue weighted by molar-refractivity contribution is 6.33. The summed E-state index contributed by atoms with van der Waals surface area (Å²) in [5.74, 6) is -1.57. The molecule has 3 rings (SSSR count). The Morgan fingerprint density at radius 1 is 1.26 bits per heavy atom. The maximum Gasteiger partial charge on any atom is 0.337 e. The Labute approximate surface area is 157 Å². The van der Waals surface area contributed by atoms with Crippen LogP contribution >= 0.6 is 11.6 Å². The SMILES string of the molecule is COC(=O)c1ccc2nnn(O[C@H](C)C(=O)Nc3ccc(F)cc3Cl)c2c1. The highest BCUT2D eigenvalue weighted by atomic mass is 35.5. The number of fused-ring (bicyclic) bond motifs is 1. The van der Waals surface area contributed by atoms with Crippen LogP contribution in [0.5, 0.6) is 0 Å². The van der Waals surface area contributed by atoms with Crippen molar-refractivity contribution >= 4 is 40.2 Å². The van der Waals surface area contributed by atoms with E-state index in [1.54, 1.807) is 12.1 Å². The van der Waals surface area contributed by atoms with Crippen molar-refractivity contribution in [1.29, 1.82) is 0 Å². The molecule has 0 unspecified atom stereocenters. The molecule has 0 aliphatic rings. The Morgan fingerprint density at radius 2 is 2.04 bits per heavy atom. The zero-order valence-corrected chi connectivity index (χ0v) is 15.0. The van der Waals surface area contributed by atoms with Crippen LogP contribution < -0.4 is 10.2 Å². The number of amides is 1. The van der Waals surface area contributed by atoms with Crippen molar-refractivity contribution in [2.24, 2.45) is 0 Å². The van der Waals surface area contributed by atoms with E-state index in [2.05, 4.69) is 20.4 Å². The Hall–Kier alpha value is -3.20. The van der Waals surface area contributed by atoms with Gasteiger partial charge in [0.25, 0.3) is 5.91 Å². The lowest BCUT2D eigenvalue weighted by Gasteiger charge is -2.14. The lowest BCUT2D eigenvalue weighted by molar-refractivity contribution is -0.127. The molecule has 0 bridgehead atoms. The number of carbonyl (C=O) groups excluding carboxylic acids is 2. The number of ether oxygens (including phenoxy) is 1. The molecule has 27 heavy (non-hydrogen) atoms. The van der Waals surface area contributed by atoms with Crippen LogP contribution in [0, 0.1) is 5.82 Å². The average Bonchev–Trinajstić information content (AvgIpc) is 3.05. The van der Waals surface area contributed by atoms with E-state index in [4.69, 9.17) is 16.4 Å². The molecule has 0 aliphatic heterocycles. The summed E-state index contributed by atoms with van der Waals surface area (Å²) >= 11 is 5.89. The lowest BCUT2D eigenvalue weighted by atomic mass is 10.2. The number of hydrogen-bond acceptors (Lipinski definition) is 6. The zero-order chi connectivity index (χ0) is 19.6. The van der Waals surface area contributed by atoms with Gasteiger partial charge in [-0.15, -0.1) is 5.10 Å². The third kappa shape index (κ3) is 3.98. The van der Waals surface area contributed by atoms with Gasteiger partial charge in [-0.05, 0) is 48.5 Å². The Kier molecular flexibility index (Phi) is 5.22. The molecule has 0 spiro atoms. The molecule has 1 aromatic heterocycles. The molecule has 3 aromatic rings. The van der Waals surface area contributed by atoms with E-state index < -0.39 is 23.8 Å². The fourth-order valence-electron chi connectivity index (χ4n) is 2.24. The first-order valence-corrected chi connectivity index (χ1v) is 8.13. The molecule has 1 N–H and O–H groups in total. The number of nitrogens with one attached hydrogen (secondary N) is 1. The van der Waals surface area contributed by atoms with Crippen LogP contribution in [0.2, 0.25) is 5.02 Å². The predicted octanol–water partition coefficient (Wildman–Crippen LogP) is 2.47. The molecule has 2 aromatic carbocycles. The highest BCUT2D eigenvalue weighted by Crippen LogP contribution is 2.22. The number of benzene rings is 2. The van der Waals surface area contributed by atoms with Crippen molar-refractivity contribution in [3.63, 3.8) is 0 Å². The topological polar surface area (TPSA) is 95.3 Å². The van der Waals surface area contributed by atoms with Crippen LogP contribution in [0.1, 0.15) is 17.3 Å². The zero-order valence-electron chi connectivity index (χ0n) is 14.3. The van der Waals surface area contributed by atoms with Gasteiger partial charge in [0.05, 0.1) is 23.4 Å². The summed E-state index contributed by atoms with van der Waals surface area (Å²) in [6.07, 6.45) is -0.988. The summed E-state index contributed by atoms with van der Waals surface area (Å²) in [4.78, 5) is 30.5. The van der Waals surface area contributed by atoms with E-state index in [1.807, 2.05) is 0 Å². The van der Waals surface area contributed by atoms with Crippen molar-refractivity contribution in [3.05, 3.63) is 52.8 Å². The van der Waals surface area contributed by atoms with Gasteiger partial charge in [0, 0.05) is 0 Å². The second-order valence-corrected chi connectivity index (χ2v) is 5.93. The first-order valence-electron chi connectivity index (χ1n) is 7.76. The van der Waals surface area contributed by atoms with Crippen molar-refractivity contribution in [3.8, 4) is 0 Å². The number of nitrogens with zero attached hydrogens (tertiary/aromatic N) is 3. The first-order chi connectivity index (χ1) is 12.9. The smallest absolute Gasteiger partial charge is 0.337 e. The summed E-state index contributed by atoms with van der Waals surface area (Å²) in [7, 11) is 1.27. The average molecular weight is 393 g/mol. The monoisotopic (exact) mass is 392 g/mol.